The molecular weight excluding hydrogens is 324 g/mol. The first kappa shape index (κ1) is 15.9. The first-order valence-corrected chi connectivity index (χ1v) is 8.08. The topological polar surface area (TPSA) is 75.6 Å². The molecule has 2 N–H and O–H groups in total. The van der Waals surface area contributed by atoms with Gasteiger partial charge in [-0.3, -0.25) is 0 Å². The van der Waals surface area contributed by atoms with Crippen LogP contribution < -0.4 is 10.7 Å². The van der Waals surface area contributed by atoms with Crippen LogP contribution in [0, 0.1) is 0 Å². The van der Waals surface area contributed by atoms with Gasteiger partial charge in [0, 0.05) is 5.69 Å². The predicted octanol–water partition coefficient (Wildman–Crippen LogP) is 4.12. The Kier molecular flexibility index (Phi) is 4.72. The van der Waals surface area contributed by atoms with E-state index in [1.807, 2.05) is 49.4 Å². The van der Waals surface area contributed by atoms with Gasteiger partial charge in [-0.25, -0.2) is 15.2 Å². The van der Waals surface area contributed by atoms with Gasteiger partial charge in [0.2, 0.25) is 0 Å². The third-order valence-electron chi connectivity index (χ3n) is 3.35. The van der Waals surface area contributed by atoms with Crippen molar-refractivity contribution in [1.29, 1.82) is 0 Å². The monoisotopic (exact) mass is 340 g/mol. The number of amides is 1. The maximum absolute atomic E-state index is 11.0. The molecule has 1 heterocycles. The number of methoxy groups -OCH3 is 1. The van der Waals surface area contributed by atoms with E-state index in [4.69, 9.17) is 0 Å². The van der Waals surface area contributed by atoms with Crippen molar-refractivity contribution >= 4 is 44.2 Å². The summed E-state index contributed by atoms with van der Waals surface area (Å²) >= 11 is 1.61. The number of hydrazone groups is 1. The molecule has 0 aliphatic rings. The van der Waals surface area contributed by atoms with E-state index in [-0.39, 0.29) is 0 Å². The molecule has 1 aromatic heterocycles. The van der Waals surface area contributed by atoms with Crippen LogP contribution in [0.5, 0.6) is 0 Å². The van der Waals surface area contributed by atoms with E-state index < -0.39 is 6.09 Å². The number of hydrogen-bond donors (Lipinski definition) is 2. The molecular formula is C17H16N4O2S. The van der Waals surface area contributed by atoms with Crippen LogP contribution in [0.15, 0.2) is 53.6 Å². The minimum Gasteiger partial charge on any atom is -0.452 e. The summed E-state index contributed by atoms with van der Waals surface area (Å²) in [6.45, 7) is 1.81. The number of nitrogens with zero attached hydrogens (tertiary/aromatic N) is 2. The van der Waals surface area contributed by atoms with Crippen LogP contribution in [0.1, 0.15) is 12.5 Å². The van der Waals surface area contributed by atoms with E-state index in [2.05, 4.69) is 31.6 Å². The van der Waals surface area contributed by atoms with E-state index in [9.17, 15) is 4.79 Å². The van der Waals surface area contributed by atoms with Gasteiger partial charge in [0.25, 0.3) is 0 Å². The summed E-state index contributed by atoms with van der Waals surface area (Å²) < 4.78 is 5.62. The molecule has 0 saturated carbocycles. The molecule has 0 fully saturated rings. The van der Waals surface area contributed by atoms with E-state index in [1.165, 1.54) is 7.11 Å². The molecule has 122 valence electrons. The Hall–Kier alpha value is -2.93. The minimum atomic E-state index is -0.594. The number of rotatable bonds is 4. The second-order valence-electron chi connectivity index (χ2n) is 4.99. The fourth-order valence-electron chi connectivity index (χ4n) is 2.08. The number of thiazole rings is 1. The highest BCUT2D eigenvalue weighted by Crippen LogP contribution is 2.28. The SMILES string of the molecule is COC(=O)N/N=C(/C)c1ccc(Nc2nc3ccccc3s2)cc1. The molecule has 3 aromatic rings. The van der Waals surface area contributed by atoms with Crippen LogP contribution in [0.3, 0.4) is 0 Å². The Morgan fingerprint density at radius 2 is 1.92 bits per heavy atom. The lowest BCUT2D eigenvalue weighted by Gasteiger charge is -2.05. The summed E-state index contributed by atoms with van der Waals surface area (Å²) in [7, 11) is 1.29. The van der Waals surface area contributed by atoms with Crippen molar-refractivity contribution in [3.8, 4) is 0 Å². The molecule has 6 nitrogen and oxygen atoms in total. The summed E-state index contributed by atoms with van der Waals surface area (Å²) in [5, 5.41) is 8.11. The largest absolute Gasteiger partial charge is 0.452 e. The number of carbonyl (C=O) groups excluding carboxylic acids is 1. The van der Waals surface area contributed by atoms with Crippen molar-refractivity contribution in [2.45, 2.75) is 6.92 Å². The summed E-state index contributed by atoms with van der Waals surface area (Å²) in [5.41, 5.74) is 5.82. The van der Waals surface area contributed by atoms with Gasteiger partial charge < -0.3 is 10.1 Å². The van der Waals surface area contributed by atoms with Crippen LogP contribution in [-0.4, -0.2) is 23.9 Å². The van der Waals surface area contributed by atoms with Gasteiger partial charge in [0.15, 0.2) is 5.13 Å². The number of hydrogen-bond acceptors (Lipinski definition) is 6. The lowest BCUT2D eigenvalue weighted by atomic mass is 10.1. The Balaban J connectivity index is 1.71. The van der Waals surface area contributed by atoms with Gasteiger partial charge in [-0.2, -0.15) is 5.10 Å². The van der Waals surface area contributed by atoms with Crippen molar-refractivity contribution in [3.05, 3.63) is 54.1 Å². The summed E-state index contributed by atoms with van der Waals surface area (Å²) in [6, 6.07) is 15.8. The summed E-state index contributed by atoms with van der Waals surface area (Å²) in [4.78, 5) is 15.6. The predicted molar refractivity (Wildman–Crippen MR) is 97.1 cm³/mol. The Morgan fingerprint density at radius 1 is 1.17 bits per heavy atom. The zero-order valence-electron chi connectivity index (χ0n) is 13.2. The number of aromatic nitrogens is 1. The van der Waals surface area contributed by atoms with Gasteiger partial charge in [0.1, 0.15) is 0 Å². The highest BCUT2D eigenvalue weighted by atomic mass is 32.1. The number of ether oxygens (including phenoxy) is 1. The molecule has 0 saturated heterocycles. The third kappa shape index (κ3) is 3.69. The highest BCUT2D eigenvalue weighted by Gasteiger charge is 2.04. The lowest BCUT2D eigenvalue weighted by Crippen LogP contribution is -2.18. The molecule has 0 bridgehead atoms. The maximum atomic E-state index is 11.0. The molecule has 0 unspecified atom stereocenters. The zero-order valence-corrected chi connectivity index (χ0v) is 14.1. The number of carbonyl (C=O) groups is 1. The molecule has 0 atom stereocenters. The van der Waals surface area contributed by atoms with Gasteiger partial charge in [-0.1, -0.05) is 35.6 Å². The highest BCUT2D eigenvalue weighted by molar-refractivity contribution is 7.22. The van der Waals surface area contributed by atoms with Gasteiger partial charge in [-0.05, 0) is 36.8 Å². The molecule has 0 radical (unpaired) electrons. The molecule has 1 amide bonds. The van der Waals surface area contributed by atoms with Crippen molar-refractivity contribution in [1.82, 2.24) is 10.4 Å². The molecule has 24 heavy (non-hydrogen) atoms. The second kappa shape index (κ2) is 7.10. The molecule has 0 aliphatic carbocycles. The zero-order chi connectivity index (χ0) is 16.9. The van der Waals surface area contributed by atoms with Gasteiger partial charge in [-0.15, -0.1) is 0 Å². The molecule has 0 spiro atoms. The second-order valence-corrected chi connectivity index (χ2v) is 6.02. The van der Waals surface area contributed by atoms with E-state index in [1.54, 1.807) is 11.3 Å². The first-order chi connectivity index (χ1) is 11.7. The smallest absolute Gasteiger partial charge is 0.427 e. The van der Waals surface area contributed by atoms with E-state index in [0.29, 0.717) is 5.71 Å². The normalized spacial score (nSPS) is 11.3. The molecule has 0 aliphatic heterocycles. The van der Waals surface area contributed by atoms with Crippen LogP contribution in [-0.2, 0) is 4.74 Å². The summed E-state index contributed by atoms with van der Waals surface area (Å²) in [6.07, 6.45) is -0.594. The first-order valence-electron chi connectivity index (χ1n) is 7.27. The lowest BCUT2D eigenvalue weighted by molar-refractivity contribution is 0.171. The third-order valence-corrected chi connectivity index (χ3v) is 4.30. The fraction of sp³-hybridized carbons (Fsp3) is 0.118. The maximum Gasteiger partial charge on any atom is 0.427 e. The Bertz CT molecular complexity index is 854. The number of anilines is 2. The minimum absolute atomic E-state index is 0.594. The van der Waals surface area contributed by atoms with Crippen molar-refractivity contribution < 1.29 is 9.53 Å². The van der Waals surface area contributed by atoms with E-state index >= 15 is 0 Å². The standard InChI is InChI=1S/C17H16N4O2S/c1-11(20-21-17(22)23-2)12-7-9-13(10-8-12)18-16-19-14-5-3-4-6-15(14)24-16/h3-10H,1-2H3,(H,18,19)(H,21,22)/b20-11-. The van der Waals surface area contributed by atoms with Crippen LogP contribution >= 0.6 is 11.3 Å². The Labute approximate surface area is 143 Å². The number of benzene rings is 2. The fourth-order valence-corrected chi connectivity index (χ4v) is 2.97. The van der Waals surface area contributed by atoms with Crippen molar-refractivity contribution in [2.24, 2.45) is 5.10 Å². The van der Waals surface area contributed by atoms with E-state index in [0.717, 1.165) is 26.6 Å². The number of para-hydroxylation sites is 1. The summed E-state index contributed by atoms with van der Waals surface area (Å²) in [5.74, 6) is 0. The number of nitrogens with one attached hydrogen (secondary N) is 2. The van der Waals surface area contributed by atoms with Crippen LogP contribution in [0.25, 0.3) is 10.2 Å². The van der Waals surface area contributed by atoms with Gasteiger partial charge >= 0.3 is 6.09 Å². The average molecular weight is 340 g/mol. The quantitative estimate of drug-likeness (QED) is 0.553. The van der Waals surface area contributed by atoms with Crippen LogP contribution in [0.4, 0.5) is 15.6 Å². The average Bonchev–Trinajstić information content (AvgIpc) is 3.02. The van der Waals surface area contributed by atoms with Gasteiger partial charge in [0.05, 0.1) is 23.0 Å². The number of fused-ring (bicyclic) bond motifs is 1. The molecule has 7 heteroatoms. The van der Waals surface area contributed by atoms with Crippen molar-refractivity contribution in [2.75, 3.05) is 12.4 Å². The molecule has 3 rings (SSSR count). The van der Waals surface area contributed by atoms with Crippen LogP contribution in [0.2, 0.25) is 0 Å². The Morgan fingerprint density at radius 3 is 2.62 bits per heavy atom. The molecule has 2 aromatic carbocycles. The van der Waals surface area contributed by atoms with Crippen molar-refractivity contribution in [3.63, 3.8) is 0 Å².